The van der Waals surface area contributed by atoms with Gasteiger partial charge in [-0.1, -0.05) is 69.7 Å². The summed E-state index contributed by atoms with van der Waals surface area (Å²) in [5.74, 6) is -0.0130. The second kappa shape index (κ2) is 16.6. The van der Waals surface area contributed by atoms with Crippen LogP contribution in [0.2, 0.25) is 0 Å². The maximum atomic E-state index is 11.9. The molecule has 1 unspecified atom stereocenters. The van der Waals surface area contributed by atoms with Crippen molar-refractivity contribution in [3.8, 4) is 0 Å². The maximum Gasteiger partial charge on any atom is 0.306 e. The number of hydrogen-bond donors (Lipinski definition) is 1. The largest absolute Gasteiger partial charge is 0.770 e. The fraction of sp³-hybridized carbons (Fsp3) is 0.950. The highest BCUT2D eigenvalue weighted by Gasteiger charge is 2.19. The monoisotopic (exact) mass is 455 g/mol. The molecule has 0 fully saturated rings. The first-order valence-electron chi connectivity index (χ1n) is 10.8. The molecule has 0 spiro atoms. The van der Waals surface area contributed by atoms with Gasteiger partial charge in [-0.05, 0) is 6.42 Å². The zero-order valence-corrected chi connectivity index (χ0v) is 20.5. The first-order valence-corrected chi connectivity index (χ1v) is 13.9. The van der Waals surface area contributed by atoms with Gasteiger partial charge >= 0.3 is 5.97 Å². The van der Waals surface area contributed by atoms with Gasteiger partial charge in [0.05, 0.1) is 46.7 Å². The van der Waals surface area contributed by atoms with Crippen molar-refractivity contribution in [1.29, 1.82) is 0 Å². The Labute approximate surface area is 181 Å². The Morgan fingerprint density at radius 3 is 2.14 bits per heavy atom. The molecular weight excluding hydrogens is 413 g/mol. The average molecular weight is 456 g/mol. The Balaban J connectivity index is 3.89. The lowest BCUT2D eigenvalue weighted by molar-refractivity contribution is -0.867. The average Bonchev–Trinajstić information content (AvgIpc) is 2.62. The van der Waals surface area contributed by atoms with Gasteiger partial charge in [-0.15, -0.1) is 0 Å². The third-order valence-electron chi connectivity index (χ3n) is 4.42. The standard InChI is InChI=1S/C20H42NO6PS/c1-5-6-7-8-9-10-11-12-13-14-20(23)27-19(17-22)18-26-28(24,25)29-16-15-21(2,3)4/h19,22H,5-18H2,1-4H3/t19-/m0/s1. The van der Waals surface area contributed by atoms with Gasteiger partial charge in [0, 0.05) is 6.42 Å². The number of hydrogen-bond acceptors (Lipinski definition) is 7. The van der Waals surface area contributed by atoms with E-state index >= 15 is 0 Å². The summed E-state index contributed by atoms with van der Waals surface area (Å²) in [7, 11) is 5.93. The van der Waals surface area contributed by atoms with Crippen LogP contribution in [0.3, 0.4) is 0 Å². The molecule has 0 aromatic rings. The molecule has 0 aromatic heterocycles. The minimum Gasteiger partial charge on any atom is -0.770 e. The summed E-state index contributed by atoms with van der Waals surface area (Å²) in [6.07, 6.45) is 9.73. The van der Waals surface area contributed by atoms with Crippen molar-refractivity contribution in [3.63, 3.8) is 0 Å². The van der Waals surface area contributed by atoms with E-state index in [2.05, 4.69) is 6.92 Å². The van der Waals surface area contributed by atoms with Crippen molar-refractivity contribution in [3.05, 3.63) is 0 Å². The molecule has 0 aliphatic heterocycles. The highest BCUT2D eigenvalue weighted by molar-refractivity contribution is 8.54. The summed E-state index contributed by atoms with van der Waals surface area (Å²) in [5, 5.41) is 9.33. The van der Waals surface area contributed by atoms with Crippen molar-refractivity contribution in [2.45, 2.75) is 77.2 Å². The second-order valence-electron chi connectivity index (χ2n) is 8.46. The van der Waals surface area contributed by atoms with E-state index in [0.717, 1.165) is 30.6 Å². The third-order valence-corrected chi connectivity index (χ3v) is 7.38. The topological polar surface area (TPSA) is 95.9 Å². The molecule has 0 bridgehead atoms. The van der Waals surface area contributed by atoms with E-state index in [9.17, 15) is 19.4 Å². The molecule has 29 heavy (non-hydrogen) atoms. The van der Waals surface area contributed by atoms with Crippen molar-refractivity contribution >= 4 is 24.1 Å². The van der Waals surface area contributed by atoms with E-state index in [1.54, 1.807) is 0 Å². The van der Waals surface area contributed by atoms with E-state index in [4.69, 9.17) is 9.26 Å². The summed E-state index contributed by atoms with van der Waals surface area (Å²) >= 11 is 0.744. The van der Waals surface area contributed by atoms with Gasteiger partial charge in [-0.25, -0.2) is 0 Å². The minimum atomic E-state index is -4.08. The van der Waals surface area contributed by atoms with Crippen molar-refractivity contribution in [2.24, 2.45) is 0 Å². The van der Waals surface area contributed by atoms with Crippen LogP contribution in [0.15, 0.2) is 0 Å². The van der Waals surface area contributed by atoms with Crippen LogP contribution in [0, 0.1) is 0 Å². The Morgan fingerprint density at radius 2 is 1.62 bits per heavy atom. The number of aliphatic hydroxyl groups is 1. The van der Waals surface area contributed by atoms with Crippen LogP contribution in [0.25, 0.3) is 0 Å². The lowest BCUT2D eigenvalue weighted by atomic mass is 10.1. The summed E-state index contributed by atoms with van der Waals surface area (Å²) in [6.45, 7) is -2.01. The number of carbonyl (C=O) groups excluding carboxylic acids is 1. The van der Waals surface area contributed by atoms with Gasteiger partial charge in [0.1, 0.15) is 6.10 Å². The van der Waals surface area contributed by atoms with Gasteiger partial charge in [0.25, 0.3) is 0 Å². The number of aliphatic hydroxyl groups excluding tert-OH is 1. The molecule has 0 aliphatic rings. The van der Waals surface area contributed by atoms with Crippen LogP contribution < -0.4 is 4.89 Å². The Kier molecular flexibility index (Phi) is 16.5. The molecule has 2 atom stereocenters. The van der Waals surface area contributed by atoms with Gasteiger partial charge in [0.2, 0.25) is 0 Å². The number of esters is 1. The zero-order chi connectivity index (χ0) is 22.2. The van der Waals surface area contributed by atoms with E-state index < -0.39 is 25.5 Å². The van der Waals surface area contributed by atoms with Crippen molar-refractivity contribution in [2.75, 3.05) is 46.7 Å². The summed E-state index contributed by atoms with van der Waals surface area (Å²) in [5.41, 5.74) is 0. The zero-order valence-electron chi connectivity index (χ0n) is 18.8. The maximum absolute atomic E-state index is 11.9. The highest BCUT2D eigenvalue weighted by Crippen LogP contribution is 2.51. The number of nitrogens with zero attached hydrogens (tertiary/aromatic N) is 1. The van der Waals surface area contributed by atoms with Gasteiger partial charge in [0.15, 0.2) is 6.80 Å². The Hall–Kier alpha value is -0.110. The van der Waals surface area contributed by atoms with E-state index in [0.29, 0.717) is 16.8 Å². The lowest BCUT2D eigenvalue weighted by Gasteiger charge is -2.27. The number of rotatable bonds is 19. The van der Waals surface area contributed by atoms with Gasteiger partial charge < -0.3 is 23.7 Å². The fourth-order valence-electron chi connectivity index (χ4n) is 2.59. The third kappa shape index (κ3) is 19.6. The van der Waals surface area contributed by atoms with E-state index in [-0.39, 0.29) is 13.0 Å². The predicted molar refractivity (Wildman–Crippen MR) is 118 cm³/mol. The van der Waals surface area contributed by atoms with Crippen LogP contribution >= 0.6 is 18.2 Å². The molecule has 0 aromatic carbocycles. The molecule has 9 heteroatoms. The highest BCUT2D eigenvalue weighted by atomic mass is 32.7. The minimum absolute atomic E-state index is 0.277. The molecule has 0 amide bonds. The fourth-order valence-corrected chi connectivity index (χ4v) is 5.19. The van der Waals surface area contributed by atoms with Gasteiger partial charge in [-0.3, -0.25) is 9.36 Å². The van der Waals surface area contributed by atoms with Crippen LogP contribution in [-0.4, -0.2) is 68.3 Å². The van der Waals surface area contributed by atoms with Crippen molar-refractivity contribution in [1.82, 2.24) is 0 Å². The number of carbonyl (C=O) groups is 1. The first-order chi connectivity index (χ1) is 13.6. The Bertz CT molecular complexity index is 472. The van der Waals surface area contributed by atoms with Crippen LogP contribution in [0.1, 0.15) is 71.1 Å². The van der Waals surface area contributed by atoms with E-state index in [1.807, 2.05) is 21.1 Å². The molecule has 0 radical (unpaired) electrons. The summed E-state index contributed by atoms with van der Waals surface area (Å²) in [6, 6.07) is 0. The second-order valence-corrected chi connectivity index (χ2v) is 12.4. The number of ether oxygens (including phenoxy) is 1. The van der Waals surface area contributed by atoms with Crippen LogP contribution in [0.4, 0.5) is 0 Å². The summed E-state index contributed by atoms with van der Waals surface area (Å²) in [4.78, 5) is 23.8. The Morgan fingerprint density at radius 1 is 1.07 bits per heavy atom. The molecule has 0 aliphatic carbocycles. The van der Waals surface area contributed by atoms with Crippen LogP contribution in [0.5, 0.6) is 0 Å². The summed E-state index contributed by atoms with van der Waals surface area (Å²) < 4.78 is 22.6. The molecule has 0 saturated heterocycles. The molecule has 0 saturated carbocycles. The first kappa shape index (κ1) is 28.9. The normalized spacial score (nSPS) is 15.1. The van der Waals surface area contributed by atoms with Crippen LogP contribution in [-0.2, 0) is 18.6 Å². The van der Waals surface area contributed by atoms with E-state index in [1.165, 1.54) is 38.5 Å². The van der Waals surface area contributed by atoms with Gasteiger partial charge in [-0.2, -0.15) is 0 Å². The molecular formula is C20H42NO6PS. The number of unbranched alkanes of at least 4 members (excludes halogenated alkanes) is 8. The smallest absolute Gasteiger partial charge is 0.306 e. The molecule has 1 N–H and O–H groups in total. The lowest BCUT2D eigenvalue weighted by Crippen LogP contribution is -2.36. The quantitative estimate of drug-likeness (QED) is 0.137. The molecule has 174 valence electrons. The molecule has 0 rings (SSSR count). The SMILES string of the molecule is CCCCCCCCCCCC(=O)O[C@@H](CO)COP(=O)([O-])SCC[N+](C)(C)C. The molecule has 0 heterocycles. The predicted octanol–water partition coefficient (Wildman–Crippen LogP) is 3.74. The molecule has 7 nitrogen and oxygen atoms in total. The number of quaternary nitrogens is 1. The van der Waals surface area contributed by atoms with Crippen molar-refractivity contribution < 1.29 is 33.1 Å².